The van der Waals surface area contributed by atoms with Crippen molar-refractivity contribution in [3.05, 3.63) is 0 Å². The van der Waals surface area contributed by atoms with Crippen molar-refractivity contribution in [2.45, 2.75) is 53.5 Å². The van der Waals surface area contributed by atoms with Crippen LogP contribution in [-0.4, -0.2) is 6.04 Å². The Kier molecular flexibility index (Phi) is 3.06. The first-order valence-corrected chi connectivity index (χ1v) is 5.62. The third kappa shape index (κ3) is 2.07. The van der Waals surface area contributed by atoms with Gasteiger partial charge < -0.3 is 5.73 Å². The van der Waals surface area contributed by atoms with Crippen LogP contribution in [0.5, 0.6) is 0 Å². The highest BCUT2D eigenvalue weighted by Gasteiger charge is 2.42. The van der Waals surface area contributed by atoms with E-state index < -0.39 is 0 Å². The zero-order valence-corrected chi connectivity index (χ0v) is 9.80. The summed E-state index contributed by atoms with van der Waals surface area (Å²) in [4.78, 5) is 0. The minimum Gasteiger partial charge on any atom is -0.328 e. The molecular weight excluding hydrogens is 158 g/mol. The second-order valence-corrected chi connectivity index (χ2v) is 5.72. The molecule has 1 fully saturated rings. The van der Waals surface area contributed by atoms with E-state index >= 15 is 0 Å². The summed E-state index contributed by atoms with van der Waals surface area (Å²) in [6.07, 6.45) is 2.68. The van der Waals surface area contributed by atoms with E-state index in [4.69, 9.17) is 5.73 Å². The van der Waals surface area contributed by atoms with E-state index in [-0.39, 0.29) is 0 Å². The van der Waals surface area contributed by atoms with E-state index in [2.05, 4.69) is 34.6 Å². The van der Waals surface area contributed by atoms with Crippen LogP contribution in [0.15, 0.2) is 0 Å². The lowest BCUT2D eigenvalue weighted by molar-refractivity contribution is 0.212. The van der Waals surface area contributed by atoms with Crippen LogP contribution in [0.1, 0.15) is 47.5 Å². The van der Waals surface area contributed by atoms with Gasteiger partial charge in [-0.2, -0.15) is 0 Å². The summed E-state index contributed by atoms with van der Waals surface area (Å²) < 4.78 is 0. The minimum atomic E-state index is 0.371. The molecule has 1 heteroatoms. The lowest BCUT2D eigenvalue weighted by Gasteiger charge is -2.29. The van der Waals surface area contributed by atoms with Crippen LogP contribution in [-0.2, 0) is 0 Å². The van der Waals surface area contributed by atoms with E-state index in [0.717, 1.165) is 17.8 Å². The summed E-state index contributed by atoms with van der Waals surface area (Å²) in [5.41, 5.74) is 6.55. The molecule has 0 aromatic heterocycles. The third-order valence-electron chi connectivity index (χ3n) is 4.29. The molecule has 0 radical (unpaired) electrons. The molecule has 0 aliphatic heterocycles. The predicted octanol–water partition coefficient (Wildman–Crippen LogP) is 3.04. The molecule has 0 aromatic rings. The molecule has 1 saturated carbocycles. The third-order valence-corrected chi connectivity index (χ3v) is 4.29. The smallest absolute Gasteiger partial charge is 0.00415 e. The molecule has 1 nitrogen and oxygen atoms in total. The SMILES string of the molecule is CC(N)C1CC(C)(C(C)C)CC1C. The van der Waals surface area contributed by atoms with Crippen molar-refractivity contribution in [2.75, 3.05) is 0 Å². The van der Waals surface area contributed by atoms with E-state index in [9.17, 15) is 0 Å². The molecule has 1 rings (SSSR count). The first-order valence-electron chi connectivity index (χ1n) is 5.62. The average molecular weight is 183 g/mol. The van der Waals surface area contributed by atoms with Crippen molar-refractivity contribution >= 4 is 0 Å². The summed E-state index contributed by atoms with van der Waals surface area (Å²) >= 11 is 0. The highest BCUT2D eigenvalue weighted by molar-refractivity contribution is 4.94. The minimum absolute atomic E-state index is 0.371. The van der Waals surface area contributed by atoms with Gasteiger partial charge in [-0.1, -0.05) is 27.7 Å². The fraction of sp³-hybridized carbons (Fsp3) is 1.00. The molecule has 0 heterocycles. The Bertz CT molecular complexity index is 174. The monoisotopic (exact) mass is 183 g/mol. The topological polar surface area (TPSA) is 26.0 Å². The molecule has 1 aliphatic carbocycles. The van der Waals surface area contributed by atoms with Gasteiger partial charge in [0.15, 0.2) is 0 Å². The number of hydrogen-bond acceptors (Lipinski definition) is 1. The van der Waals surface area contributed by atoms with Crippen molar-refractivity contribution in [1.29, 1.82) is 0 Å². The van der Waals surface area contributed by atoms with Gasteiger partial charge in [0.2, 0.25) is 0 Å². The summed E-state index contributed by atoms with van der Waals surface area (Å²) in [5, 5.41) is 0. The zero-order valence-electron chi connectivity index (χ0n) is 9.80. The molecule has 0 amide bonds. The Balaban J connectivity index is 2.69. The van der Waals surface area contributed by atoms with Crippen LogP contribution >= 0.6 is 0 Å². The van der Waals surface area contributed by atoms with Gasteiger partial charge in [-0.15, -0.1) is 0 Å². The fourth-order valence-corrected chi connectivity index (χ4v) is 2.89. The van der Waals surface area contributed by atoms with Crippen LogP contribution < -0.4 is 5.73 Å². The van der Waals surface area contributed by atoms with Gasteiger partial charge in [-0.25, -0.2) is 0 Å². The molecule has 0 spiro atoms. The maximum absolute atomic E-state index is 6.01. The number of rotatable bonds is 2. The Labute approximate surface area is 83.1 Å². The number of hydrogen-bond donors (Lipinski definition) is 1. The maximum atomic E-state index is 6.01. The van der Waals surface area contributed by atoms with Crippen molar-refractivity contribution in [2.24, 2.45) is 28.9 Å². The molecule has 0 saturated heterocycles. The van der Waals surface area contributed by atoms with Crippen LogP contribution in [0.4, 0.5) is 0 Å². The Morgan fingerprint density at radius 3 is 2.00 bits per heavy atom. The Hall–Kier alpha value is -0.0400. The highest BCUT2D eigenvalue weighted by atomic mass is 14.7. The van der Waals surface area contributed by atoms with Crippen molar-refractivity contribution in [3.8, 4) is 0 Å². The molecule has 78 valence electrons. The molecule has 4 unspecified atom stereocenters. The normalized spacial score (nSPS) is 42.7. The number of nitrogens with two attached hydrogens (primary N) is 1. The van der Waals surface area contributed by atoms with Gasteiger partial charge in [0, 0.05) is 6.04 Å². The lowest BCUT2D eigenvalue weighted by atomic mass is 9.76. The van der Waals surface area contributed by atoms with Crippen molar-refractivity contribution in [3.63, 3.8) is 0 Å². The average Bonchev–Trinajstić information content (AvgIpc) is 2.28. The first-order chi connectivity index (χ1) is 5.87. The maximum Gasteiger partial charge on any atom is 0.00415 e. The summed E-state index contributed by atoms with van der Waals surface area (Å²) in [5.74, 6) is 2.35. The van der Waals surface area contributed by atoms with Crippen LogP contribution in [0.2, 0.25) is 0 Å². The fourth-order valence-electron chi connectivity index (χ4n) is 2.89. The quantitative estimate of drug-likeness (QED) is 0.699. The second kappa shape index (κ2) is 3.61. The summed E-state index contributed by atoms with van der Waals surface area (Å²) in [6, 6.07) is 0.371. The summed E-state index contributed by atoms with van der Waals surface area (Å²) in [7, 11) is 0. The lowest BCUT2D eigenvalue weighted by Crippen LogP contribution is -2.29. The summed E-state index contributed by atoms with van der Waals surface area (Å²) in [6.45, 7) is 11.6. The van der Waals surface area contributed by atoms with Gasteiger partial charge >= 0.3 is 0 Å². The van der Waals surface area contributed by atoms with Gasteiger partial charge in [0.1, 0.15) is 0 Å². The largest absolute Gasteiger partial charge is 0.328 e. The van der Waals surface area contributed by atoms with E-state index in [1.165, 1.54) is 12.8 Å². The first kappa shape index (κ1) is 11.0. The molecule has 4 atom stereocenters. The van der Waals surface area contributed by atoms with Crippen molar-refractivity contribution < 1.29 is 0 Å². The van der Waals surface area contributed by atoms with E-state index in [1.807, 2.05) is 0 Å². The zero-order chi connectivity index (χ0) is 10.2. The van der Waals surface area contributed by atoms with E-state index in [0.29, 0.717) is 11.5 Å². The van der Waals surface area contributed by atoms with E-state index in [1.54, 1.807) is 0 Å². The second-order valence-electron chi connectivity index (χ2n) is 5.72. The van der Waals surface area contributed by atoms with Gasteiger partial charge in [0.05, 0.1) is 0 Å². The van der Waals surface area contributed by atoms with Gasteiger partial charge in [-0.3, -0.25) is 0 Å². The van der Waals surface area contributed by atoms with Gasteiger partial charge in [0.25, 0.3) is 0 Å². The molecule has 0 bridgehead atoms. The molecule has 13 heavy (non-hydrogen) atoms. The Morgan fingerprint density at radius 1 is 1.23 bits per heavy atom. The Morgan fingerprint density at radius 2 is 1.77 bits per heavy atom. The molecule has 0 aromatic carbocycles. The predicted molar refractivity (Wildman–Crippen MR) is 58.5 cm³/mol. The van der Waals surface area contributed by atoms with Gasteiger partial charge in [-0.05, 0) is 42.9 Å². The van der Waals surface area contributed by atoms with Crippen LogP contribution in [0, 0.1) is 23.2 Å². The van der Waals surface area contributed by atoms with Crippen LogP contribution in [0.3, 0.4) is 0 Å². The van der Waals surface area contributed by atoms with Crippen molar-refractivity contribution in [1.82, 2.24) is 0 Å². The standard InChI is InChI=1S/C12H25N/c1-8(2)12(5)6-9(3)11(7-12)10(4)13/h8-11H,6-7,13H2,1-5H3. The molecular formula is C12H25N. The van der Waals surface area contributed by atoms with Crippen LogP contribution in [0.25, 0.3) is 0 Å². The highest BCUT2D eigenvalue weighted by Crippen LogP contribution is 2.50. The molecule has 1 aliphatic rings. The molecule has 2 N–H and O–H groups in total.